The van der Waals surface area contributed by atoms with E-state index >= 15 is 0 Å². The number of aromatic nitrogens is 4. The average Bonchev–Trinajstić information content (AvgIpc) is 3.58. The lowest BCUT2D eigenvalue weighted by molar-refractivity contribution is -0.136. The third kappa shape index (κ3) is 5.91. The zero-order valence-corrected chi connectivity index (χ0v) is 26.3. The van der Waals surface area contributed by atoms with Crippen molar-refractivity contribution >= 4 is 46.2 Å². The minimum atomic E-state index is -0.606. The van der Waals surface area contributed by atoms with Gasteiger partial charge in [0.05, 0.1) is 5.39 Å². The fourth-order valence-corrected chi connectivity index (χ4v) is 6.05. The molecule has 0 bridgehead atoms. The summed E-state index contributed by atoms with van der Waals surface area (Å²) in [6, 6.07) is 11.9. The zero-order chi connectivity index (χ0) is 31.2. The second-order valence-electron chi connectivity index (χ2n) is 12.7. The number of carbonyl (C=O) groups is 2. The molecular formula is C33H40N8O3. The van der Waals surface area contributed by atoms with Crippen LogP contribution in [0.3, 0.4) is 0 Å². The molecule has 230 valence electrons. The van der Waals surface area contributed by atoms with Crippen molar-refractivity contribution in [3.63, 3.8) is 0 Å². The third-order valence-electron chi connectivity index (χ3n) is 8.26. The summed E-state index contributed by atoms with van der Waals surface area (Å²) >= 11 is 0. The minimum absolute atomic E-state index is 0.0207. The molecule has 11 heteroatoms. The first-order valence-corrected chi connectivity index (χ1v) is 15.2. The maximum atomic E-state index is 13.6. The van der Waals surface area contributed by atoms with E-state index in [4.69, 9.17) is 9.72 Å². The van der Waals surface area contributed by atoms with Gasteiger partial charge in [-0.1, -0.05) is 24.3 Å². The quantitative estimate of drug-likeness (QED) is 0.299. The summed E-state index contributed by atoms with van der Waals surface area (Å²) < 4.78 is 7.32. The number of likely N-dealkylation sites (tertiary alicyclic amines) is 1. The van der Waals surface area contributed by atoms with Gasteiger partial charge in [0.15, 0.2) is 11.5 Å². The number of nitrogens with one attached hydrogen (secondary N) is 2. The van der Waals surface area contributed by atoms with Crippen molar-refractivity contribution in [3.8, 4) is 0 Å². The molecule has 0 saturated carbocycles. The summed E-state index contributed by atoms with van der Waals surface area (Å²) in [6.45, 7) is 11.3. The van der Waals surface area contributed by atoms with Crippen molar-refractivity contribution in [3.05, 3.63) is 64.8 Å². The molecule has 44 heavy (non-hydrogen) atoms. The highest BCUT2D eigenvalue weighted by Gasteiger charge is 2.39. The lowest BCUT2D eigenvalue weighted by Crippen LogP contribution is -2.50. The molecule has 6 rings (SSSR count). The van der Waals surface area contributed by atoms with Gasteiger partial charge in [-0.15, -0.1) is 0 Å². The first kappa shape index (κ1) is 29.4. The highest BCUT2D eigenvalue weighted by atomic mass is 16.6. The van der Waals surface area contributed by atoms with Crippen LogP contribution < -0.4 is 10.6 Å². The topological polar surface area (TPSA) is 118 Å². The van der Waals surface area contributed by atoms with E-state index in [9.17, 15) is 9.59 Å². The number of amides is 2. The summed E-state index contributed by atoms with van der Waals surface area (Å²) in [6.07, 6.45) is 3.56. The molecule has 1 fully saturated rings. The zero-order valence-electron chi connectivity index (χ0n) is 26.3. The highest BCUT2D eigenvalue weighted by Crippen LogP contribution is 2.30. The SMILES string of the molecule is Cc1cccc(C)c1Nc1nn(C)c2nc(Nc3ccc4c(c3)CN(C(=O)[C@@H]3CCCN3C(=O)OC(C)(C)C)CC4)ncc12. The predicted octanol–water partition coefficient (Wildman–Crippen LogP) is 5.75. The molecule has 4 aromatic rings. The summed E-state index contributed by atoms with van der Waals surface area (Å²) in [5.41, 5.74) is 6.52. The number of nitrogens with zero attached hydrogens (tertiary/aromatic N) is 6. The molecular weight excluding hydrogens is 556 g/mol. The molecule has 2 aliphatic rings. The normalized spacial score (nSPS) is 16.6. The van der Waals surface area contributed by atoms with Gasteiger partial charge in [-0.05, 0) is 88.3 Å². The summed E-state index contributed by atoms with van der Waals surface area (Å²) in [4.78, 5) is 39.2. The van der Waals surface area contributed by atoms with Crippen LogP contribution in [0.2, 0.25) is 0 Å². The Morgan fingerprint density at radius 1 is 1.02 bits per heavy atom. The summed E-state index contributed by atoms with van der Waals surface area (Å²) in [5.74, 6) is 1.15. The maximum Gasteiger partial charge on any atom is 0.410 e. The van der Waals surface area contributed by atoms with Crippen LogP contribution in [0.25, 0.3) is 11.0 Å². The van der Waals surface area contributed by atoms with Gasteiger partial charge in [-0.2, -0.15) is 10.1 Å². The smallest absolute Gasteiger partial charge is 0.410 e. The van der Waals surface area contributed by atoms with E-state index in [1.807, 2.05) is 44.9 Å². The Labute approximate surface area is 257 Å². The molecule has 2 amide bonds. The molecule has 0 radical (unpaired) electrons. The van der Waals surface area contributed by atoms with Crippen LogP contribution in [-0.2, 0) is 29.5 Å². The molecule has 2 aliphatic heterocycles. The molecule has 2 N–H and O–H groups in total. The highest BCUT2D eigenvalue weighted by molar-refractivity contribution is 5.90. The Balaban J connectivity index is 1.17. The van der Waals surface area contributed by atoms with Crippen molar-refractivity contribution in [1.82, 2.24) is 29.5 Å². The van der Waals surface area contributed by atoms with Crippen LogP contribution in [0.4, 0.5) is 27.9 Å². The Bertz CT molecular complexity index is 1720. The van der Waals surface area contributed by atoms with Crippen LogP contribution in [-0.4, -0.2) is 66.3 Å². The first-order valence-electron chi connectivity index (χ1n) is 15.2. The molecule has 4 heterocycles. The number of hydrogen-bond acceptors (Lipinski definition) is 8. The van der Waals surface area contributed by atoms with Gasteiger partial charge in [0, 0.05) is 44.3 Å². The molecule has 2 aromatic carbocycles. The Morgan fingerprint density at radius 2 is 1.80 bits per heavy atom. The second kappa shape index (κ2) is 11.4. The number of para-hydroxylation sites is 1. The molecule has 0 aliphatic carbocycles. The van der Waals surface area contributed by atoms with Gasteiger partial charge in [-0.3, -0.25) is 9.69 Å². The van der Waals surface area contributed by atoms with Gasteiger partial charge in [0.1, 0.15) is 11.6 Å². The van der Waals surface area contributed by atoms with Crippen LogP contribution in [0.1, 0.15) is 55.9 Å². The van der Waals surface area contributed by atoms with Gasteiger partial charge in [0.2, 0.25) is 11.9 Å². The van der Waals surface area contributed by atoms with E-state index in [0.717, 1.165) is 46.3 Å². The van der Waals surface area contributed by atoms with Crippen LogP contribution in [0.5, 0.6) is 0 Å². The molecule has 11 nitrogen and oxygen atoms in total. The van der Waals surface area contributed by atoms with Crippen molar-refractivity contribution in [2.24, 2.45) is 7.05 Å². The maximum absolute atomic E-state index is 13.6. The predicted molar refractivity (Wildman–Crippen MR) is 170 cm³/mol. The number of benzene rings is 2. The Kier molecular flexibility index (Phi) is 7.65. The fourth-order valence-electron chi connectivity index (χ4n) is 6.05. The standard InChI is InChI=1S/C33H40N8O3/c1-20-9-7-10-21(2)27(20)36-28-25-18-34-31(37-29(25)39(6)38-28)35-24-13-12-22-14-16-40(19-23(22)17-24)30(42)26-11-8-15-41(26)32(43)44-33(3,4)5/h7,9-10,12-13,17-18,26H,8,11,14-16,19H2,1-6H3,(H,36,38)(H,34,35,37)/t26-/m0/s1. The molecule has 1 saturated heterocycles. The van der Waals surface area contributed by atoms with E-state index in [0.29, 0.717) is 43.5 Å². The van der Waals surface area contributed by atoms with Crippen LogP contribution >= 0.6 is 0 Å². The second-order valence-corrected chi connectivity index (χ2v) is 12.7. The number of ether oxygens (including phenoxy) is 1. The van der Waals surface area contributed by atoms with E-state index in [1.165, 1.54) is 5.56 Å². The number of rotatable bonds is 5. The van der Waals surface area contributed by atoms with E-state index in [-0.39, 0.29) is 5.91 Å². The summed E-state index contributed by atoms with van der Waals surface area (Å²) in [5, 5.41) is 12.3. The van der Waals surface area contributed by atoms with E-state index < -0.39 is 17.7 Å². The van der Waals surface area contributed by atoms with Crippen molar-refractivity contribution in [1.29, 1.82) is 0 Å². The third-order valence-corrected chi connectivity index (χ3v) is 8.26. The molecule has 2 aromatic heterocycles. The van der Waals surface area contributed by atoms with Crippen LogP contribution in [0.15, 0.2) is 42.6 Å². The monoisotopic (exact) mass is 596 g/mol. The van der Waals surface area contributed by atoms with Gasteiger partial charge < -0.3 is 20.3 Å². The van der Waals surface area contributed by atoms with Gasteiger partial charge in [-0.25, -0.2) is 14.5 Å². The summed E-state index contributed by atoms with van der Waals surface area (Å²) in [7, 11) is 1.87. The number of carbonyl (C=O) groups excluding carboxylic acids is 2. The molecule has 0 unspecified atom stereocenters. The molecule has 1 atom stereocenters. The Morgan fingerprint density at radius 3 is 2.55 bits per heavy atom. The lowest BCUT2D eigenvalue weighted by Gasteiger charge is -2.34. The number of anilines is 4. The number of fused-ring (bicyclic) bond motifs is 2. The first-order chi connectivity index (χ1) is 21.0. The fraction of sp³-hybridized carbons (Fsp3) is 0.424. The van der Waals surface area contributed by atoms with Gasteiger partial charge >= 0.3 is 6.09 Å². The number of hydrogen-bond donors (Lipinski definition) is 2. The van der Waals surface area contributed by atoms with Crippen molar-refractivity contribution in [2.45, 2.75) is 72.1 Å². The van der Waals surface area contributed by atoms with Crippen molar-refractivity contribution < 1.29 is 14.3 Å². The largest absolute Gasteiger partial charge is 0.444 e. The van der Waals surface area contributed by atoms with Gasteiger partial charge in [0.25, 0.3) is 0 Å². The van der Waals surface area contributed by atoms with E-state index in [1.54, 1.807) is 15.8 Å². The lowest BCUT2D eigenvalue weighted by atomic mass is 9.98. The van der Waals surface area contributed by atoms with E-state index in [2.05, 4.69) is 58.8 Å². The molecule has 0 spiro atoms. The minimum Gasteiger partial charge on any atom is -0.444 e. The average molecular weight is 597 g/mol. The Hall–Kier alpha value is -4.67. The number of aryl methyl sites for hydroxylation is 3. The van der Waals surface area contributed by atoms with Crippen LogP contribution in [0, 0.1) is 13.8 Å². The van der Waals surface area contributed by atoms with Crippen molar-refractivity contribution in [2.75, 3.05) is 23.7 Å².